The quantitative estimate of drug-likeness (QED) is 0.537. The summed E-state index contributed by atoms with van der Waals surface area (Å²) < 4.78 is 5.49. The number of carbonyl (C=O) groups excluding carboxylic acids is 1. The molecule has 0 aliphatic carbocycles. The Hall–Kier alpha value is -1.71. The predicted molar refractivity (Wildman–Crippen MR) is 83.1 cm³/mol. The van der Waals surface area contributed by atoms with Crippen molar-refractivity contribution in [3.05, 3.63) is 23.8 Å². The second kappa shape index (κ2) is 9.23. The SMILES string of the molecule is CCCCCCNC(=O)c1ccc(OCCC)c(N)c1. The third-order valence-corrected chi connectivity index (χ3v) is 3.05. The molecular weight excluding hydrogens is 252 g/mol. The van der Waals surface area contributed by atoms with Crippen LogP contribution in [0.15, 0.2) is 18.2 Å². The van der Waals surface area contributed by atoms with Gasteiger partial charge in [0.05, 0.1) is 12.3 Å². The number of nitrogens with one attached hydrogen (secondary N) is 1. The van der Waals surface area contributed by atoms with Crippen LogP contribution in [0.25, 0.3) is 0 Å². The van der Waals surface area contributed by atoms with E-state index in [1.165, 1.54) is 12.8 Å². The van der Waals surface area contributed by atoms with Gasteiger partial charge in [0.15, 0.2) is 0 Å². The van der Waals surface area contributed by atoms with Crippen LogP contribution in [-0.2, 0) is 0 Å². The van der Waals surface area contributed by atoms with Crippen LogP contribution in [0.4, 0.5) is 5.69 Å². The number of rotatable bonds is 9. The molecule has 0 aromatic heterocycles. The van der Waals surface area contributed by atoms with Gasteiger partial charge < -0.3 is 15.8 Å². The number of carbonyl (C=O) groups is 1. The van der Waals surface area contributed by atoms with Gasteiger partial charge in [0.2, 0.25) is 0 Å². The minimum Gasteiger partial charge on any atom is -0.491 e. The Morgan fingerprint density at radius 1 is 1.20 bits per heavy atom. The fourth-order valence-electron chi connectivity index (χ4n) is 1.89. The van der Waals surface area contributed by atoms with Crippen molar-refractivity contribution in [3.63, 3.8) is 0 Å². The summed E-state index contributed by atoms with van der Waals surface area (Å²) >= 11 is 0. The lowest BCUT2D eigenvalue weighted by atomic mass is 10.1. The fraction of sp³-hybridized carbons (Fsp3) is 0.562. The van der Waals surface area contributed by atoms with Crippen molar-refractivity contribution in [2.24, 2.45) is 0 Å². The van der Waals surface area contributed by atoms with Gasteiger partial charge in [0.1, 0.15) is 5.75 Å². The molecule has 1 amide bonds. The average Bonchev–Trinajstić information content (AvgIpc) is 2.45. The van der Waals surface area contributed by atoms with Crippen molar-refractivity contribution in [2.75, 3.05) is 18.9 Å². The molecule has 0 saturated heterocycles. The third-order valence-electron chi connectivity index (χ3n) is 3.05. The van der Waals surface area contributed by atoms with Crippen LogP contribution in [0, 0.1) is 0 Å². The van der Waals surface area contributed by atoms with Crippen molar-refractivity contribution >= 4 is 11.6 Å². The Kier molecular flexibility index (Phi) is 7.55. The molecule has 0 unspecified atom stereocenters. The largest absolute Gasteiger partial charge is 0.491 e. The lowest BCUT2D eigenvalue weighted by molar-refractivity contribution is 0.0953. The molecule has 1 aromatic rings. The third kappa shape index (κ3) is 5.51. The van der Waals surface area contributed by atoms with E-state index in [1.807, 2.05) is 6.92 Å². The molecule has 0 aliphatic rings. The molecule has 20 heavy (non-hydrogen) atoms. The average molecular weight is 278 g/mol. The van der Waals surface area contributed by atoms with Gasteiger partial charge >= 0.3 is 0 Å². The van der Waals surface area contributed by atoms with E-state index in [9.17, 15) is 4.79 Å². The highest BCUT2D eigenvalue weighted by Gasteiger charge is 2.08. The number of nitrogen functional groups attached to an aromatic ring is 1. The van der Waals surface area contributed by atoms with Crippen molar-refractivity contribution < 1.29 is 9.53 Å². The molecule has 3 N–H and O–H groups in total. The van der Waals surface area contributed by atoms with Crippen LogP contribution in [0.5, 0.6) is 5.75 Å². The predicted octanol–water partition coefficient (Wildman–Crippen LogP) is 3.37. The maximum Gasteiger partial charge on any atom is 0.251 e. The summed E-state index contributed by atoms with van der Waals surface area (Å²) in [6.45, 7) is 5.56. The molecule has 0 saturated carbocycles. The molecule has 4 heteroatoms. The molecule has 0 spiro atoms. The smallest absolute Gasteiger partial charge is 0.251 e. The van der Waals surface area contributed by atoms with E-state index in [-0.39, 0.29) is 5.91 Å². The lowest BCUT2D eigenvalue weighted by Crippen LogP contribution is -2.24. The minimum absolute atomic E-state index is 0.0739. The van der Waals surface area contributed by atoms with Gasteiger partial charge in [0.25, 0.3) is 5.91 Å². The van der Waals surface area contributed by atoms with Crippen molar-refractivity contribution in [3.8, 4) is 5.75 Å². The van der Waals surface area contributed by atoms with Crippen LogP contribution >= 0.6 is 0 Å². The highest BCUT2D eigenvalue weighted by molar-refractivity contribution is 5.95. The number of hydrogen-bond donors (Lipinski definition) is 2. The summed E-state index contributed by atoms with van der Waals surface area (Å²) in [5.74, 6) is 0.571. The van der Waals surface area contributed by atoms with Crippen LogP contribution in [-0.4, -0.2) is 19.1 Å². The zero-order valence-electron chi connectivity index (χ0n) is 12.6. The molecule has 0 atom stereocenters. The van der Waals surface area contributed by atoms with Crippen LogP contribution in [0.2, 0.25) is 0 Å². The highest BCUT2D eigenvalue weighted by Crippen LogP contribution is 2.22. The number of unbranched alkanes of at least 4 members (excludes halogenated alkanes) is 3. The van der Waals surface area contributed by atoms with Gasteiger partial charge in [-0.2, -0.15) is 0 Å². The number of ether oxygens (including phenoxy) is 1. The molecule has 4 nitrogen and oxygen atoms in total. The molecular formula is C16H26N2O2. The number of amides is 1. The van der Waals surface area contributed by atoms with Gasteiger partial charge in [-0.25, -0.2) is 0 Å². The number of anilines is 1. The Labute approximate surface area is 121 Å². The Balaban J connectivity index is 2.46. The normalized spacial score (nSPS) is 10.3. The lowest BCUT2D eigenvalue weighted by Gasteiger charge is -2.10. The van der Waals surface area contributed by atoms with Crippen LogP contribution in [0.1, 0.15) is 56.3 Å². The van der Waals surface area contributed by atoms with Gasteiger partial charge in [-0.05, 0) is 31.0 Å². The zero-order valence-corrected chi connectivity index (χ0v) is 12.6. The van der Waals surface area contributed by atoms with Crippen molar-refractivity contribution in [1.82, 2.24) is 5.32 Å². The van der Waals surface area contributed by atoms with E-state index in [1.54, 1.807) is 18.2 Å². The maximum atomic E-state index is 11.9. The summed E-state index contributed by atoms with van der Waals surface area (Å²) in [6, 6.07) is 5.19. The number of nitrogens with two attached hydrogens (primary N) is 1. The minimum atomic E-state index is -0.0739. The van der Waals surface area contributed by atoms with E-state index in [4.69, 9.17) is 10.5 Å². The molecule has 0 bridgehead atoms. The van der Waals surface area contributed by atoms with Crippen molar-refractivity contribution in [1.29, 1.82) is 0 Å². The summed E-state index contributed by atoms with van der Waals surface area (Å²) in [5.41, 5.74) is 6.99. The molecule has 0 radical (unpaired) electrons. The fourth-order valence-corrected chi connectivity index (χ4v) is 1.89. The van der Waals surface area contributed by atoms with E-state index in [0.717, 1.165) is 19.3 Å². The summed E-state index contributed by atoms with van der Waals surface area (Å²) in [7, 11) is 0. The van der Waals surface area contributed by atoms with E-state index in [2.05, 4.69) is 12.2 Å². The van der Waals surface area contributed by atoms with Gasteiger partial charge in [0, 0.05) is 12.1 Å². The van der Waals surface area contributed by atoms with Gasteiger partial charge in [-0.1, -0.05) is 33.1 Å². The number of hydrogen-bond acceptors (Lipinski definition) is 3. The molecule has 112 valence electrons. The molecule has 0 heterocycles. The topological polar surface area (TPSA) is 64.3 Å². The maximum absolute atomic E-state index is 11.9. The Morgan fingerprint density at radius 3 is 2.65 bits per heavy atom. The first-order valence-electron chi connectivity index (χ1n) is 7.49. The summed E-state index contributed by atoms with van der Waals surface area (Å²) in [6.07, 6.45) is 5.52. The van der Waals surface area contributed by atoms with E-state index in [0.29, 0.717) is 30.2 Å². The summed E-state index contributed by atoms with van der Waals surface area (Å²) in [5, 5.41) is 2.91. The molecule has 1 aromatic carbocycles. The molecule has 1 rings (SSSR count). The second-order valence-corrected chi connectivity index (χ2v) is 4.92. The first-order valence-corrected chi connectivity index (χ1v) is 7.49. The van der Waals surface area contributed by atoms with Gasteiger partial charge in [-0.15, -0.1) is 0 Å². The van der Waals surface area contributed by atoms with Crippen LogP contribution in [0.3, 0.4) is 0 Å². The standard InChI is InChI=1S/C16H26N2O2/c1-3-5-6-7-10-18-16(19)13-8-9-15(14(17)12-13)20-11-4-2/h8-9,12H,3-7,10-11,17H2,1-2H3,(H,18,19). The molecule has 0 aliphatic heterocycles. The van der Waals surface area contributed by atoms with Crippen molar-refractivity contribution in [2.45, 2.75) is 46.0 Å². The first kappa shape index (κ1) is 16.3. The van der Waals surface area contributed by atoms with Gasteiger partial charge in [-0.3, -0.25) is 4.79 Å². The monoisotopic (exact) mass is 278 g/mol. The van der Waals surface area contributed by atoms with E-state index >= 15 is 0 Å². The highest BCUT2D eigenvalue weighted by atomic mass is 16.5. The Bertz CT molecular complexity index is 419. The molecule has 0 fully saturated rings. The summed E-state index contributed by atoms with van der Waals surface area (Å²) in [4.78, 5) is 11.9. The zero-order chi connectivity index (χ0) is 14.8. The van der Waals surface area contributed by atoms with E-state index < -0.39 is 0 Å². The Morgan fingerprint density at radius 2 is 2.00 bits per heavy atom. The second-order valence-electron chi connectivity index (χ2n) is 4.92. The van der Waals surface area contributed by atoms with Crippen LogP contribution < -0.4 is 15.8 Å². The number of benzene rings is 1. The first-order chi connectivity index (χ1) is 9.69.